The molecule has 1 heterocycles. The third-order valence-corrected chi connectivity index (χ3v) is 5.08. The van der Waals surface area contributed by atoms with Crippen LogP contribution < -0.4 is 5.32 Å². The van der Waals surface area contributed by atoms with E-state index in [4.69, 9.17) is 0 Å². The number of hydrogen-bond acceptors (Lipinski definition) is 4. The lowest BCUT2D eigenvalue weighted by Gasteiger charge is -2.06. The van der Waals surface area contributed by atoms with Crippen molar-refractivity contribution in [3.05, 3.63) is 60.2 Å². The second-order valence-corrected chi connectivity index (χ2v) is 6.38. The van der Waals surface area contributed by atoms with Gasteiger partial charge in [-0.05, 0) is 40.0 Å². The first-order chi connectivity index (χ1) is 9.61. The molecule has 0 aliphatic heterocycles. The molecule has 2 rings (SSSR count). The summed E-state index contributed by atoms with van der Waals surface area (Å²) in [5.41, 5.74) is 1.00. The van der Waals surface area contributed by atoms with E-state index in [2.05, 4.69) is 40.3 Å². The van der Waals surface area contributed by atoms with Crippen LogP contribution in [0.1, 0.15) is 22.2 Å². The van der Waals surface area contributed by atoms with E-state index in [9.17, 15) is 10.1 Å². The predicted molar refractivity (Wildman–Crippen MR) is 85.0 cm³/mol. The van der Waals surface area contributed by atoms with Crippen molar-refractivity contribution >= 4 is 33.0 Å². The molecule has 0 aliphatic carbocycles. The smallest absolute Gasteiger partial charge is 0.283 e. The molecular formula is C14H15BrN2O2S. The first-order valence-corrected chi connectivity index (χ1v) is 7.93. The van der Waals surface area contributed by atoms with Gasteiger partial charge >= 0.3 is 0 Å². The van der Waals surface area contributed by atoms with Crippen molar-refractivity contribution in [2.75, 3.05) is 0 Å². The predicted octanol–water partition coefficient (Wildman–Crippen LogP) is 4.27. The average Bonchev–Trinajstić information content (AvgIpc) is 2.88. The second kappa shape index (κ2) is 6.97. The second-order valence-electron chi connectivity index (χ2n) is 4.33. The Balaban J connectivity index is 1.97. The summed E-state index contributed by atoms with van der Waals surface area (Å²) in [5, 5.41) is 14.2. The van der Waals surface area contributed by atoms with Gasteiger partial charge in [0, 0.05) is 28.9 Å². The Kier molecular flexibility index (Phi) is 5.28. The molecule has 0 amide bonds. The fourth-order valence-corrected chi connectivity index (χ4v) is 3.35. The van der Waals surface area contributed by atoms with Crippen LogP contribution in [0.4, 0.5) is 5.69 Å². The van der Waals surface area contributed by atoms with Gasteiger partial charge in [0.2, 0.25) is 0 Å². The fourth-order valence-electron chi connectivity index (χ4n) is 1.87. The number of nitro groups is 1. The van der Waals surface area contributed by atoms with E-state index >= 15 is 0 Å². The minimum absolute atomic E-state index is 0.105. The third-order valence-electron chi connectivity index (χ3n) is 2.94. The minimum Gasteiger partial charge on any atom is -0.308 e. The summed E-state index contributed by atoms with van der Waals surface area (Å²) in [6.07, 6.45) is 1.06. The van der Waals surface area contributed by atoms with Gasteiger partial charge < -0.3 is 5.32 Å². The van der Waals surface area contributed by atoms with Crippen LogP contribution in [0.3, 0.4) is 0 Å². The lowest BCUT2D eigenvalue weighted by atomic mass is 10.2. The van der Waals surface area contributed by atoms with E-state index in [0.717, 1.165) is 18.5 Å². The minimum atomic E-state index is -0.375. The van der Waals surface area contributed by atoms with E-state index in [0.29, 0.717) is 11.0 Å². The molecule has 0 atom stereocenters. The Morgan fingerprint density at radius 1 is 1.25 bits per heavy atom. The normalized spacial score (nSPS) is 10.7. The van der Waals surface area contributed by atoms with Crippen LogP contribution in [0, 0.1) is 10.1 Å². The van der Waals surface area contributed by atoms with Gasteiger partial charge in [0.1, 0.15) is 0 Å². The molecule has 0 bridgehead atoms. The van der Waals surface area contributed by atoms with E-state index in [1.165, 1.54) is 15.8 Å². The number of rotatable bonds is 6. The summed E-state index contributed by atoms with van der Waals surface area (Å²) in [7, 11) is 0. The van der Waals surface area contributed by atoms with E-state index in [-0.39, 0.29) is 10.6 Å². The zero-order valence-electron chi connectivity index (χ0n) is 11.1. The van der Waals surface area contributed by atoms with Crippen LogP contribution in [0.15, 0.2) is 34.8 Å². The van der Waals surface area contributed by atoms with E-state index in [1.807, 2.05) is 6.07 Å². The topological polar surface area (TPSA) is 55.2 Å². The van der Waals surface area contributed by atoms with Gasteiger partial charge in [-0.1, -0.05) is 19.1 Å². The molecule has 20 heavy (non-hydrogen) atoms. The van der Waals surface area contributed by atoms with Gasteiger partial charge in [-0.25, -0.2) is 0 Å². The molecule has 0 spiro atoms. The summed E-state index contributed by atoms with van der Waals surface area (Å²) in [6.45, 7) is 3.52. The number of aryl methyl sites for hydroxylation is 1. The molecule has 1 N–H and O–H groups in total. The third kappa shape index (κ3) is 3.65. The molecule has 1 aromatic carbocycles. The maximum absolute atomic E-state index is 10.9. The molecular weight excluding hydrogens is 340 g/mol. The monoisotopic (exact) mass is 354 g/mol. The molecule has 0 fully saturated rings. The van der Waals surface area contributed by atoms with Crippen molar-refractivity contribution in [2.24, 2.45) is 0 Å². The van der Waals surface area contributed by atoms with E-state index in [1.54, 1.807) is 17.4 Å². The highest BCUT2D eigenvalue weighted by Gasteiger charge is 2.14. The Labute approximate surface area is 130 Å². The van der Waals surface area contributed by atoms with Gasteiger partial charge in [-0.15, -0.1) is 11.3 Å². The maximum Gasteiger partial charge on any atom is 0.283 e. The molecule has 1 aromatic heterocycles. The number of hydrogen-bond donors (Lipinski definition) is 1. The van der Waals surface area contributed by atoms with Crippen molar-refractivity contribution in [1.82, 2.24) is 5.32 Å². The van der Waals surface area contributed by atoms with Gasteiger partial charge in [0.25, 0.3) is 5.69 Å². The van der Waals surface area contributed by atoms with Gasteiger partial charge in [0.05, 0.1) is 9.40 Å². The van der Waals surface area contributed by atoms with Crippen molar-refractivity contribution in [3.63, 3.8) is 0 Å². The number of nitrogens with one attached hydrogen (secondary N) is 1. The van der Waals surface area contributed by atoms with Crippen LogP contribution in [-0.2, 0) is 19.5 Å². The standard InChI is InChI=1S/C14H15BrN2O2S/c1-2-11-6-7-12(20-11)9-16-8-10-4-3-5-13(14(10)15)17(18)19/h3-7,16H,2,8-9H2,1H3. The number of thiophene rings is 1. The summed E-state index contributed by atoms with van der Waals surface area (Å²) in [4.78, 5) is 13.1. The molecule has 0 saturated carbocycles. The SMILES string of the molecule is CCc1ccc(CNCc2cccc([N+](=O)[O-])c2Br)s1. The van der Waals surface area contributed by atoms with Crippen LogP contribution in [-0.4, -0.2) is 4.92 Å². The first kappa shape index (κ1) is 15.2. The number of halogens is 1. The quantitative estimate of drug-likeness (QED) is 0.622. The van der Waals surface area contributed by atoms with Crippen molar-refractivity contribution in [3.8, 4) is 0 Å². The Morgan fingerprint density at radius 3 is 2.65 bits per heavy atom. The number of nitrogens with zero attached hydrogens (tertiary/aromatic N) is 1. The molecule has 6 heteroatoms. The Bertz CT molecular complexity index is 613. The Morgan fingerprint density at radius 2 is 2.00 bits per heavy atom. The first-order valence-electron chi connectivity index (χ1n) is 6.32. The summed E-state index contributed by atoms with van der Waals surface area (Å²) < 4.78 is 0.554. The van der Waals surface area contributed by atoms with E-state index < -0.39 is 0 Å². The molecule has 0 unspecified atom stereocenters. The lowest BCUT2D eigenvalue weighted by molar-refractivity contribution is -0.385. The summed E-state index contributed by atoms with van der Waals surface area (Å²) in [5.74, 6) is 0. The molecule has 0 saturated heterocycles. The average molecular weight is 355 g/mol. The summed E-state index contributed by atoms with van der Waals surface area (Å²) in [6, 6.07) is 9.36. The molecule has 106 valence electrons. The Hall–Kier alpha value is -1.24. The van der Waals surface area contributed by atoms with Gasteiger partial charge in [-0.2, -0.15) is 0 Å². The molecule has 4 nitrogen and oxygen atoms in total. The van der Waals surface area contributed by atoms with Crippen molar-refractivity contribution < 1.29 is 4.92 Å². The zero-order valence-corrected chi connectivity index (χ0v) is 13.5. The molecule has 0 radical (unpaired) electrons. The molecule has 2 aromatic rings. The maximum atomic E-state index is 10.9. The van der Waals surface area contributed by atoms with Crippen molar-refractivity contribution in [1.29, 1.82) is 0 Å². The summed E-state index contributed by atoms with van der Waals surface area (Å²) >= 11 is 5.10. The zero-order chi connectivity index (χ0) is 14.5. The van der Waals surface area contributed by atoms with Crippen molar-refractivity contribution in [2.45, 2.75) is 26.4 Å². The number of nitro benzene ring substituents is 1. The highest BCUT2D eigenvalue weighted by atomic mass is 79.9. The van der Waals surface area contributed by atoms with Crippen LogP contribution in [0.5, 0.6) is 0 Å². The molecule has 0 aliphatic rings. The fraction of sp³-hybridized carbons (Fsp3) is 0.286. The van der Waals surface area contributed by atoms with Crippen LogP contribution >= 0.6 is 27.3 Å². The lowest BCUT2D eigenvalue weighted by Crippen LogP contribution is -2.12. The highest BCUT2D eigenvalue weighted by Crippen LogP contribution is 2.28. The largest absolute Gasteiger partial charge is 0.308 e. The highest BCUT2D eigenvalue weighted by molar-refractivity contribution is 9.10. The number of benzene rings is 1. The van der Waals surface area contributed by atoms with Crippen LogP contribution in [0.25, 0.3) is 0 Å². The van der Waals surface area contributed by atoms with Crippen LogP contribution in [0.2, 0.25) is 0 Å². The van der Waals surface area contributed by atoms with Gasteiger partial charge in [-0.3, -0.25) is 10.1 Å². The van der Waals surface area contributed by atoms with Gasteiger partial charge in [0.15, 0.2) is 0 Å².